The van der Waals surface area contributed by atoms with Gasteiger partial charge in [0.1, 0.15) is 4.99 Å². The van der Waals surface area contributed by atoms with Crippen LogP contribution in [0.5, 0.6) is 0 Å². The lowest BCUT2D eigenvalue weighted by Crippen LogP contribution is -2.09. The van der Waals surface area contributed by atoms with Gasteiger partial charge in [0.05, 0.1) is 31.5 Å². The van der Waals surface area contributed by atoms with E-state index in [9.17, 15) is 0 Å². The van der Waals surface area contributed by atoms with E-state index in [0.717, 1.165) is 0 Å². The molecular formula is C13H8Cl4N2S. The highest BCUT2D eigenvalue weighted by Gasteiger charge is 2.09. The van der Waals surface area contributed by atoms with E-state index in [-0.39, 0.29) is 4.99 Å². The average Bonchev–Trinajstić information content (AvgIpc) is 2.37. The highest BCUT2D eigenvalue weighted by atomic mass is 35.5. The van der Waals surface area contributed by atoms with Crippen molar-refractivity contribution in [1.29, 1.82) is 0 Å². The lowest BCUT2D eigenvalue weighted by Gasteiger charge is -2.12. The van der Waals surface area contributed by atoms with Crippen molar-refractivity contribution in [3.8, 4) is 0 Å². The zero-order valence-electron chi connectivity index (χ0n) is 9.88. The molecule has 20 heavy (non-hydrogen) atoms. The number of nitrogens with one attached hydrogen (secondary N) is 1. The van der Waals surface area contributed by atoms with Crippen LogP contribution >= 0.6 is 58.6 Å². The van der Waals surface area contributed by atoms with Gasteiger partial charge in [0.15, 0.2) is 0 Å². The summed E-state index contributed by atoms with van der Waals surface area (Å²) in [6, 6.07) is 8.39. The first-order valence-electron chi connectivity index (χ1n) is 5.39. The summed E-state index contributed by atoms with van der Waals surface area (Å²) in [7, 11) is 0. The van der Waals surface area contributed by atoms with Crippen LogP contribution in [0.4, 0.5) is 11.4 Å². The first-order chi connectivity index (χ1) is 9.38. The molecule has 0 bridgehead atoms. The van der Waals surface area contributed by atoms with Crippen LogP contribution < -0.4 is 11.1 Å². The number of hydrogen-bond acceptors (Lipinski definition) is 2. The molecule has 0 aliphatic rings. The number of nitrogens with two attached hydrogens (primary N) is 1. The fourth-order valence-corrected chi connectivity index (χ4v) is 2.48. The monoisotopic (exact) mass is 364 g/mol. The Hall–Kier alpha value is -0.710. The van der Waals surface area contributed by atoms with Crippen molar-refractivity contribution in [3.05, 3.63) is 56.0 Å². The predicted molar refractivity (Wildman–Crippen MR) is 92.1 cm³/mol. The van der Waals surface area contributed by atoms with Crippen molar-refractivity contribution in [1.82, 2.24) is 0 Å². The maximum atomic E-state index is 6.17. The van der Waals surface area contributed by atoms with E-state index in [2.05, 4.69) is 5.32 Å². The van der Waals surface area contributed by atoms with Crippen LogP contribution in [0.25, 0.3) is 0 Å². The highest BCUT2D eigenvalue weighted by Crippen LogP contribution is 2.35. The maximum Gasteiger partial charge on any atom is 0.104 e. The molecule has 0 saturated heterocycles. The molecule has 0 aliphatic heterocycles. The second-order valence-electron chi connectivity index (χ2n) is 3.93. The van der Waals surface area contributed by atoms with Gasteiger partial charge in [-0.25, -0.2) is 0 Å². The van der Waals surface area contributed by atoms with Crippen LogP contribution in [-0.2, 0) is 0 Å². The molecule has 0 aromatic heterocycles. The summed E-state index contributed by atoms with van der Waals surface area (Å²) in [6.45, 7) is 0. The number of thiocarbonyl (C=S) groups is 1. The van der Waals surface area contributed by atoms with Gasteiger partial charge in [-0.1, -0.05) is 58.6 Å². The van der Waals surface area contributed by atoms with Crippen molar-refractivity contribution < 1.29 is 0 Å². The second kappa shape index (κ2) is 6.37. The molecule has 2 aromatic rings. The van der Waals surface area contributed by atoms with Crippen LogP contribution in [-0.4, -0.2) is 4.99 Å². The Bertz CT molecular complexity index is 688. The van der Waals surface area contributed by atoms with E-state index in [1.807, 2.05) is 0 Å². The summed E-state index contributed by atoms with van der Waals surface area (Å²) in [5, 5.41) is 4.78. The largest absolute Gasteiger partial charge is 0.389 e. The Morgan fingerprint density at radius 2 is 1.45 bits per heavy atom. The fraction of sp³-hybridized carbons (Fsp3) is 0. The number of halogens is 4. The second-order valence-corrected chi connectivity index (χ2v) is 6.00. The van der Waals surface area contributed by atoms with Crippen molar-refractivity contribution in [3.63, 3.8) is 0 Å². The first kappa shape index (κ1) is 15.7. The van der Waals surface area contributed by atoms with E-state index in [0.29, 0.717) is 37.0 Å². The summed E-state index contributed by atoms with van der Waals surface area (Å²) >= 11 is 29.0. The fourth-order valence-electron chi connectivity index (χ4n) is 1.53. The molecule has 3 N–H and O–H groups in total. The van der Waals surface area contributed by atoms with Gasteiger partial charge in [0.2, 0.25) is 0 Å². The molecule has 0 amide bonds. The minimum Gasteiger partial charge on any atom is -0.389 e. The van der Waals surface area contributed by atoms with Crippen LogP contribution in [0.15, 0.2) is 30.3 Å². The molecule has 0 atom stereocenters. The summed E-state index contributed by atoms with van der Waals surface area (Å²) in [5.41, 5.74) is 7.50. The van der Waals surface area contributed by atoms with E-state index >= 15 is 0 Å². The van der Waals surface area contributed by atoms with Gasteiger partial charge >= 0.3 is 0 Å². The quantitative estimate of drug-likeness (QED) is 0.542. The summed E-state index contributed by atoms with van der Waals surface area (Å²) in [5.74, 6) is 0. The Morgan fingerprint density at radius 3 is 2.05 bits per heavy atom. The van der Waals surface area contributed by atoms with Gasteiger partial charge < -0.3 is 11.1 Å². The lowest BCUT2D eigenvalue weighted by molar-refractivity contribution is 1.53. The zero-order valence-corrected chi connectivity index (χ0v) is 13.7. The third kappa shape index (κ3) is 3.48. The Labute approximate surface area is 141 Å². The third-order valence-electron chi connectivity index (χ3n) is 2.53. The number of rotatable bonds is 3. The van der Waals surface area contributed by atoms with E-state index in [1.54, 1.807) is 30.3 Å². The molecule has 0 radical (unpaired) electrons. The van der Waals surface area contributed by atoms with Gasteiger partial charge in [-0.15, -0.1) is 0 Å². The number of hydrogen-bond donors (Lipinski definition) is 2. The molecule has 0 saturated carbocycles. The number of anilines is 2. The summed E-state index contributed by atoms with van der Waals surface area (Å²) < 4.78 is 0. The topological polar surface area (TPSA) is 38.0 Å². The van der Waals surface area contributed by atoms with Crippen molar-refractivity contribution in [2.75, 3.05) is 5.32 Å². The van der Waals surface area contributed by atoms with E-state index in [4.69, 9.17) is 64.4 Å². The van der Waals surface area contributed by atoms with Crippen molar-refractivity contribution in [2.24, 2.45) is 5.73 Å². The normalized spacial score (nSPS) is 10.4. The molecule has 0 unspecified atom stereocenters. The minimum absolute atomic E-state index is 0.283. The average molecular weight is 366 g/mol. The summed E-state index contributed by atoms with van der Waals surface area (Å²) in [6.07, 6.45) is 0. The Balaban J connectivity index is 2.35. The SMILES string of the molecule is NC(=S)c1ccc(Nc2cc(Cl)c(Cl)cc2Cl)c(Cl)c1. The molecule has 0 heterocycles. The lowest BCUT2D eigenvalue weighted by atomic mass is 10.2. The minimum atomic E-state index is 0.283. The zero-order chi connectivity index (χ0) is 14.9. The molecule has 0 aliphatic carbocycles. The van der Waals surface area contributed by atoms with E-state index < -0.39 is 0 Å². The predicted octanol–water partition coefficient (Wildman–Crippen LogP) is 5.68. The van der Waals surface area contributed by atoms with Gasteiger partial charge in [-0.2, -0.15) is 0 Å². The Morgan fingerprint density at radius 1 is 0.850 bits per heavy atom. The van der Waals surface area contributed by atoms with Crippen LogP contribution in [0, 0.1) is 0 Å². The molecule has 104 valence electrons. The van der Waals surface area contributed by atoms with E-state index in [1.165, 1.54) is 0 Å². The molecule has 2 rings (SSSR count). The van der Waals surface area contributed by atoms with Crippen molar-refractivity contribution >= 4 is 75.0 Å². The van der Waals surface area contributed by atoms with Crippen LogP contribution in [0.3, 0.4) is 0 Å². The molecule has 7 heteroatoms. The smallest absolute Gasteiger partial charge is 0.104 e. The van der Waals surface area contributed by atoms with Gasteiger partial charge in [-0.3, -0.25) is 0 Å². The summed E-state index contributed by atoms with van der Waals surface area (Å²) in [4.78, 5) is 0.283. The molecule has 0 spiro atoms. The van der Waals surface area contributed by atoms with Gasteiger partial charge in [-0.05, 0) is 30.3 Å². The molecular weight excluding hydrogens is 358 g/mol. The maximum absolute atomic E-state index is 6.17. The van der Waals surface area contributed by atoms with Gasteiger partial charge in [0.25, 0.3) is 0 Å². The molecule has 2 aromatic carbocycles. The van der Waals surface area contributed by atoms with Crippen LogP contribution in [0.1, 0.15) is 5.56 Å². The third-order valence-corrected chi connectivity index (χ3v) is 4.12. The van der Waals surface area contributed by atoms with Crippen LogP contribution in [0.2, 0.25) is 20.1 Å². The molecule has 0 fully saturated rings. The standard InChI is InChI=1S/C13H8Cl4N2S/c14-7-4-10(17)12(5-8(7)15)19-11-2-1-6(13(18)20)3-9(11)16/h1-5,19H,(H2,18,20). The first-order valence-corrected chi connectivity index (χ1v) is 7.31. The number of benzene rings is 2. The Kier molecular flexibility index (Phi) is 4.99. The van der Waals surface area contributed by atoms with Gasteiger partial charge in [0, 0.05) is 5.56 Å². The van der Waals surface area contributed by atoms with Crippen molar-refractivity contribution in [2.45, 2.75) is 0 Å². The molecule has 2 nitrogen and oxygen atoms in total. The highest BCUT2D eigenvalue weighted by molar-refractivity contribution is 7.80.